The Hall–Kier alpha value is -1.17. The second-order valence-electron chi connectivity index (χ2n) is 4.38. The summed E-state index contributed by atoms with van der Waals surface area (Å²) in [5, 5.41) is 0. The van der Waals surface area contributed by atoms with Crippen LogP contribution in [0, 0.1) is 0 Å². The van der Waals surface area contributed by atoms with E-state index in [0.29, 0.717) is 0 Å². The highest BCUT2D eigenvalue weighted by molar-refractivity contribution is 9.11. The van der Waals surface area contributed by atoms with Crippen LogP contribution >= 0.6 is 43.2 Å². The molecule has 0 saturated heterocycles. The quantitative estimate of drug-likeness (QED) is 0.513. The predicted octanol–water partition coefficient (Wildman–Crippen LogP) is 6.01. The van der Waals surface area contributed by atoms with E-state index in [1.807, 2.05) is 36.4 Å². The lowest BCUT2D eigenvalue weighted by Gasteiger charge is -2.04. The lowest BCUT2D eigenvalue weighted by molar-refractivity contribution is 0.415. The first-order valence-corrected chi connectivity index (χ1v) is 8.64. The molecule has 0 unspecified atom stereocenters. The van der Waals surface area contributed by atoms with Crippen molar-refractivity contribution in [2.75, 3.05) is 7.11 Å². The summed E-state index contributed by atoms with van der Waals surface area (Å²) in [5.41, 5.74) is 3.22. The molecule has 106 valence electrons. The molecule has 0 aliphatic heterocycles. The first-order valence-electron chi connectivity index (χ1n) is 6.24. The number of methoxy groups -OCH3 is 1. The van der Waals surface area contributed by atoms with Crippen molar-refractivity contribution in [3.05, 3.63) is 56.9 Å². The molecular formula is C16H11Br2NOS. The summed E-state index contributed by atoms with van der Waals surface area (Å²) in [5.74, 6) is 0.846. The zero-order valence-corrected chi connectivity index (χ0v) is 15.1. The topological polar surface area (TPSA) is 22.1 Å². The number of thiazole rings is 1. The van der Waals surface area contributed by atoms with Gasteiger partial charge in [-0.25, -0.2) is 4.98 Å². The van der Waals surface area contributed by atoms with E-state index in [2.05, 4.69) is 49.0 Å². The Morgan fingerprint density at radius 2 is 1.52 bits per heavy atom. The molecule has 1 heterocycles. The van der Waals surface area contributed by atoms with Crippen molar-refractivity contribution < 1.29 is 4.74 Å². The van der Waals surface area contributed by atoms with Crippen molar-refractivity contribution in [3.63, 3.8) is 0 Å². The SMILES string of the molecule is COc1ccc(-c2nc(Br)sc2-c2ccc(Br)cc2)cc1. The van der Waals surface area contributed by atoms with Gasteiger partial charge in [-0.15, -0.1) is 11.3 Å². The summed E-state index contributed by atoms with van der Waals surface area (Å²) in [6.45, 7) is 0. The van der Waals surface area contributed by atoms with Gasteiger partial charge in [-0.3, -0.25) is 0 Å². The first kappa shape index (κ1) is 14.8. The van der Waals surface area contributed by atoms with E-state index in [0.717, 1.165) is 35.8 Å². The first-order chi connectivity index (χ1) is 10.2. The molecule has 3 aromatic rings. The van der Waals surface area contributed by atoms with Crippen LogP contribution in [-0.4, -0.2) is 12.1 Å². The lowest BCUT2D eigenvalue weighted by atomic mass is 10.1. The Balaban J connectivity index is 2.08. The van der Waals surface area contributed by atoms with Gasteiger partial charge in [0.1, 0.15) is 5.75 Å². The van der Waals surface area contributed by atoms with Crippen LogP contribution in [0.3, 0.4) is 0 Å². The maximum Gasteiger partial charge on any atom is 0.160 e. The van der Waals surface area contributed by atoms with Gasteiger partial charge in [0.05, 0.1) is 17.7 Å². The molecule has 0 saturated carbocycles. The lowest BCUT2D eigenvalue weighted by Crippen LogP contribution is -1.84. The largest absolute Gasteiger partial charge is 0.497 e. The van der Waals surface area contributed by atoms with Crippen LogP contribution in [0.25, 0.3) is 21.7 Å². The fraction of sp³-hybridized carbons (Fsp3) is 0.0625. The van der Waals surface area contributed by atoms with Gasteiger partial charge < -0.3 is 4.74 Å². The van der Waals surface area contributed by atoms with Crippen LogP contribution in [0.2, 0.25) is 0 Å². The van der Waals surface area contributed by atoms with Crippen LogP contribution in [-0.2, 0) is 0 Å². The molecule has 2 nitrogen and oxygen atoms in total. The fourth-order valence-corrected chi connectivity index (χ4v) is 3.78. The Morgan fingerprint density at radius 1 is 0.905 bits per heavy atom. The van der Waals surface area contributed by atoms with Gasteiger partial charge in [0, 0.05) is 10.0 Å². The molecule has 0 spiro atoms. The Morgan fingerprint density at radius 3 is 2.14 bits per heavy atom. The molecule has 0 bridgehead atoms. The summed E-state index contributed by atoms with van der Waals surface area (Å²) in [6, 6.07) is 16.2. The standard InChI is InChI=1S/C16H11Br2NOS/c1-20-13-8-4-10(5-9-13)14-15(21-16(18)19-14)11-2-6-12(17)7-3-11/h2-9H,1H3. The van der Waals surface area contributed by atoms with Crippen molar-refractivity contribution in [1.29, 1.82) is 0 Å². The highest BCUT2D eigenvalue weighted by Crippen LogP contribution is 2.39. The zero-order valence-electron chi connectivity index (χ0n) is 11.1. The minimum Gasteiger partial charge on any atom is -0.497 e. The zero-order chi connectivity index (χ0) is 14.8. The monoisotopic (exact) mass is 423 g/mol. The van der Waals surface area contributed by atoms with Gasteiger partial charge in [0.25, 0.3) is 0 Å². The van der Waals surface area contributed by atoms with E-state index in [1.165, 1.54) is 0 Å². The predicted molar refractivity (Wildman–Crippen MR) is 94.9 cm³/mol. The van der Waals surface area contributed by atoms with Gasteiger partial charge in [-0.05, 0) is 57.9 Å². The van der Waals surface area contributed by atoms with Crippen LogP contribution in [0.5, 0.6) is 5.75 Å². The van der Waals surface area contributed by atoms with Crippen molar-refractivity contribution >= 4 is 43.2 Å². The molecule has 0 radical (unpaired) electrons. The van der Waals surface area contributed by atoms with Crippen LogP contribution in [0.15, 0.2) is 56.9 Å². The van der Waals surface area contributed by atoms with Gasteiger partial charge in [0.2, 0.25) is 0 Å². The number of rotatable bonds is 3. The Bertz CT molecular complexity index is 751. The second kappa shape index (κ2) is 6.30. The number of benzene rings is 2. The van der Waals surface area contributed by atoms with Crippen LogP contribution in [0.4, 0.5) is 0 Å². The molecule has 5 heteroatoms. The molecular weight excluding hydrogens is 414 g/mol. The number of hydrogen-bond acceptors (Lipinski definition) is 3. The third-order valence-corrected chi connectivity index (χ3v) is 5.16. The summed E-state index contributed by atoms with van der Waals surface area (Å²) in [7, 11) is 1.67. The van der Waals surface area contributed by atoms with E-state index in [9.17, 15) is 0 Å². The van der Waals surface area contributed by atoms with Crippen molar-refractivity contribution in [2.45, 2.75) is 0 Å². The van der Waals surface area contributed by atoms with Crippen LogP contribution < -0.4 is 4.74 Å². The average molecular weight is 425 g/mol. The number of ether oxygens (including phenoxy) is 1. The maximum absolute atomic E-state index is 5.21. The van der Waals surface area contributed by atoms with Gasteiger partial charge >= 0.3 is 0 Å². The van der Waals surface area contributed by atoms with E-state index in [4.69, 9.17) is 4.74 Å². The average Bonchev–Trinajstić information content (AvgIpc) is 2.90. The van der Waals surface area contributed by atoms with Crippen molar-refractivity contribution in [1.82, 2.24) is 4.98 Å². The van der Waals surface area contributed by atoms with E-state index < -0.39 is 0 Å². The minimum atomic E-state index is 0.846. The smallest absolute Gasteiger partial charge is 0.160 e. The Kier molecular flexibility index (Phi) is 4.42. The van der Waals surface area contributed by atoms with Crippen LogP contribution in [0.1, 0.15) is 0 Å². The highest BCUT2D eigenvalue weighted by Gasteiger charge is 2.14. The molecule has 0 N–H and O–H groups in total. The third-order valence-electron chi connectivity index (χ3n) is 3.07. The molecule has 0 aliphatic carbocycles. The minimum absolute atomic E-state index is 0.846. The summed E-state index contributed by atoms with van der Waals surface area (Å²) >= 11 is 8.60. The number of nitrogens with zero attached hydrogens (tertiary/aromatic N) is 1. The van der Waals surface area contributed by atoms with E-state index in [-0.39, 0.29) is 0 Å². The molecule has 0 amide bonds. The fourth-order valence-electron chi connectivity index (χ4n) is 2.04. The highest BCUT2D eigenvalue weighted by atomic mass is 79.9. The molecule has 3 rings (SSSR count). The molecule has 21 heavy (non-hydrogen) atoms. The molecule has 0 atom stereocenters. The normalized spacial score (nSPS) is 10.6. The van der Waals surface area contributed by atoms with Gasteiger partial charge in [0.15, 0.2) is 3.92 Å². The molecule has 0 aliphatic rings. The molecule has 0 fully saturated rings. The summed E-state index contributed by atoms with van der Waals surface area (Å²) in [4.78, 5) is 5.77. The number of aromatic nitrogens is 1. The molecule has 1 aromatic heterocycles. The van der Waals surface area contributed by atoms with Gasteiger partial charge in [-0.2, -0.15) is 0 Å². The third kappa shape index (κ3) is 3.20. The maximum atomic E-state index is 5.21. The van der Waals surface area contributed by atoms with Gasteiger partial charge in [-0.1, -0.05) is 28.1 Å². The second-order valence-corrected chi connectivity index (χ2v) is 7.57. The number of halogens is 2. The van der Waals surface area contributed by atoms with Crippen molar-refractivity contribution in [3.8, 4) is 27.4 Å². The Labute approximate surface area is 144 Å². The summed E-state index contributed by atoms with van der Waals surface area (Å²) in [6.07, 6.45) is 0. The number of hydrogen-bond donors (Lipinski definition) is 0. The van der Waals surface area contributed by atoms with Crippen molar-refractivity contribution in [2.24, 2.45) is 0 Å². The van der Waals surface area contributed by atoms with E-state index in [1.54, 1.807) is 18.4 Å². The molecule has 2 aromatic carbocycles. The van der Waals surface area contributed by atoms with E-state index >= 15 is 0 Å². The summed E-state index contributed by atoms with van der Waals surface area (Å²) < 4.78 is 7.16.